The lowest BCUT2D eigenvalue weighted by atomic mass is 9.85. The largest absolute Gasteiger partial charge is 0.272 e. The van der Waals surface area contributed by atoms with Crippen LogP contribution in [-0.4, -0.2) is 11.6 Å². The molecule has 1 aliphatic rings. The lowest BCUT2D eigenvalue weighted by Crippen LogP contribution is -2.23. The Morgan fingerprint density at radius 2 is 2.14 bits per heavy atom. The Bertz CT molecular complexity index is 677. The first kappa shape index (κ1) is 16.8. The normalized spacial score (nSPS) is 19.7. The van der Waals surface area contributed by atoms with Crippen LogP contribution in [-0.2, 0) is 0 Å². The van der Waals surface area contributed by atoms with Crippen molar-refractivity contribution in [3.63, 3.8) is 0 Å². The van der Waals surface area contributed by atoms with Gasteiger partial charge >= 0.3 is 0 Å². The molecular weight excluding hydrogens is 319 g/mol. The third kappa shape index (κ3) is 3.99. The van der Waals surface area contributed by atoms with E-state index in [0.717, 1.165) is 29.7 Å². The second-order valence-corrected chi connectivity index (χ2v) is 6.34. The van der Waals surface area contributed by atoms with Crippen LogP contribution in [0.1, 0.15) is 37.0 Å². The number of benzene rings is 1. The van der Waals surface area contributed by atoms with Crippen molar-refractivity contribution < 1.29 is 4.79 Å². The molecule has 0 unspecified atom stereocenters. The summed E-state index contributed by atoms with van der Waals surface area (Å²) >= 11 is 11.8. The van der Waals surface area contributed by atoms with Gasteiger partial charge in [0.25, 0.3) is 5.91 Å². The molecule has 0 bridgehead atoms. The van der Waals surface area contributed by atoms with Gasteiger partial charge in [-0.3, -0.25) is 4.79 Å². The maximum Gasteiger partial charge on any atom is 0.272 e. The third-order valence-electron chi connectivity index (χ3n) is 3.77. The van der Waals surface area contributed by atoms with Gasteiger partial charge in [-0.25, -0.2) is 5.43 Å². The number of allylic oxidation sites excluding steroid dienone is 3. The average Bonchev–Trinajstić information content (AvgIpc) is 2.45. The highest BCUT2D eigenvalue weighted by molar-refractivity contribution is 6.36. The van der Waals surface area contributed by atoms with Crippen molar-refractivity contribution in [3.8, 4) is 0 Å². The maximum atomic E-state index is 12.2. The van der Waals surface area contributed by atoms with Gasteiger partial charge in [0, 0.05) is 5.02 Å². The minimum absolute atomic E-state index is 0.306. The van der Waals surface area contributed by atoms with E-state index >= 15 is 0 Å². The monoisotopic (exact) mass is 336 g/mol. The van der Waals surface area contributed by atoms with Crippen molar-refractivity contribution in [3.05, 3.63) is 57.6 Å². The Labute approximate surface area is 140 Å². The molecule has 0 saturated heterocycles. The molecule has 0 spiro atoms. The highest BCUT2D eigenvalue weighted by Crippen LogP contribution is 2.26. The number of hydrogen-bond donors (Lipinski definition) is 1. The molecule has 0 radical (unpaired) electrons. The molecular formula is C17H18Cl2N2O. The highest BCUT2D eigenvalue weighted by Gasteiger charge is 2.19. The zero-order valence-corrected chi connectivity index (χ0v) is 14.1. The van der Waals surface area contributed by atoms with Crippen molar-refractivity contribution in [2.75, 3.05) is 0 Å². The van der Waals surface area contributed by atoms with Gasteiger partial charge < -0.3 is 0 Å². The van der Waals surface area contributed by atoms with Crippen LogP contribution in [0.2, 0.25) is 10.0 Å². The van der Waals surface area contributed by atoms with Crippen LogP contribution in [0.5, 0.6) is 0 Å². The van der Waals surface area contributed by atoms with Crippen molar-refractivity contribution in [1.82, 2.24) is 5.43 Å². The van der Waals surface area contributed by atoms with E-state index in [1.807, 2.05) is 13.8 Å². The predicted molar refractivity (Wildman–Crippen MR) is 92.7 cm³/mol. The molecule has 5 heteroatoms. The molecule has 3 nitrogen and oxygen atoms in total. The number of rotatable bonds is 3. The SMILES string of the molecule is C=C(C)[C@H]1CC=C(C)C(=NNC(=O)c2ccc(Cl)cc2Cl)C1. The zero-order chi connectivity index (χ0) is 16.3. The standard InChI is InChI=1S/C17H18Cl2N2O/c1-10(2)12-5-4-11(3)16(8-12)20-21-17(22)14-7-6-13(18)9-15(14)19/h4,6-7,9,12H,1,5,8H2,2-3H3,(H,21,22)/t12-/m0/s1. The molecule has 0 aromatic heterocycles. The first-order chi connectivity index (χ1) is 10.4. The number of carbonyl (C=O) groups is 1. The molecule has 1 aliphatic carbocycles. The molecule has 0 fully saturated rings. The molecule has 22 heavy (non-hydrogen) atoms. The van der Waals surface area contributed by atoms with Crippen molar-refractivity contribution >= 4 is 34.8 Å². The first-order valence-corrected chi connectivity index (χ1v) is 7.78. The van der Waals surface area contributed by atoms with Gasteiger partial charge in [0.15, 0.2) is 0 Å². The number of hydrogen-bond acceptors (Lipinski definition) is 2. The van der Waals surface area contributed by atoms with E-state index < -0.39 is 0 Å². The van der Waals surface area contributed by atoms with E-state index in [1.54, 1.807) is 12.1 Å². The molecule has 0 aliphatic heterocycles. The maximum absolute atomic E-state index is 12.2. The fraction of sp³-hybridized carbons (Fsp3) is 0.294. The molecule has 1 aromatic rings. The Balaban J connectivity index is 2.13. The summed E-state index contributed by atoms with van der Waals surface area (Å²) < 4.78 is 0. The fourth-order valence-corrected chi connectivity index (χ4v) is 2.77. The summed E-state index contributed by atoms with van der Waals surface area (Å²) in [6.07, 6.45) is 3.88. The smallest absolute Gasteiger partial charge is 0.267 e. The number of amides is 1. The van der Waals surface area contributed by atoms with Gasteiger partial charge in [-0.05, 0) is 56.4 Å². The number of carbonyl (C=O) groups excluding carboxylic acids is 1. The molecule has 116 valence electrons. The van der Waals surface area contributed by atoms with Gasteiger partial charge in [0.1, 0.15) is 0 Å². The minimum atomic E-state index is -0.348. The summed E-state index contributed by atoms with van der Waals surface area (Å²) in [4.78, 5) is 12.2. The fourth-order valence-electron chi connectivity index (χ4n) is 2.28. The Kier molecular flexibility index (Phi) is 5.43. The lowest BCUT2D eigenvalue weighted by molar-refractivity contribution is 0.0955. The molecule has 1 N–H and O–H groups in total. The van der Waals surface area contributed by atoms with Gasteiger partial charge in [0.2, 0.25) is 0 Å². The summed E-state index contributed by atoms with van der Waals surface area (Å²) in [5.74, 6) is 0.0258. The van der Waals surface area contributed by atoms with Crippen molar-refractivity contribution in [1.29, 1.82) is 0 Å². The predicted octanol–water partition coefficient (Wildman–Crippen LogP) is 5.01. The second kappa shape index (κ2) is 7.12. The molecule has 1 amide bonds. The van der Waals surface area contributed by atoms with E-state index in [4.69, 9.17) is 23.2 Å². The quantitative estimate of drug-likeness (QED) is 0.611. The summed E-state index contributed by atoms with van der Waals surface area (Å²) in [5.41, 5.74) is 6.01. The van der Waals surface area contributed by atoms with Gasteiger partial charge in [0.05, 0.1) is 16.3 Å². The number of nitrogens with one attached hydrogen (secondary N) is 1. The summed E-state index contributed by atoms with van der Waals surface area (Å²) in [6.45, 7) is 8.01. The summed E-state index contributed by atoms with van der Waals surface area (Å²) in [7, 11) is 0. The van der Waals surface area contributed by atoms with Crippen LogP contribution in [0.25, 0.3) is 0 Å². The average molecular weight is 337 g/mol. The molecule has 1 aromatic carbocycles. The number of nitrogens with zero attached hydrogens (tertiary/aromatic N) is 1. The zero-order valence-electron chi connectivity index (χ0n) is 12.6. The van der Waals surface area contributed by atoms with Crippen LogP contribution < -0.4 is 5.43 Å². The topological polar surface area (TPSA) is 41.5 Å². The number of halogens is 2. The van der Waals surface area contributed by atoms with Crippen LogP contribution in [0.3, 0.4) is 0 Å². The lowest BCUT2D eigenvalue weighted by Gasteiger charge is -2.22. The second-order valence-electron chi connectivity index (χ2n) is 5.49. The Morgan fingerprint density at radius 3 is 2.77 bits per heavy atom. The molecule has 1 atom stereocenters. The molecule has 0 heterocycles. The molecule has 2 rings (SSSR count). The van der Waals surface area contributed by atoms with E-state index in [0.29, 0.717) is 21.5 Å². The Morgan fingerprint density at radius 1 is 1.41 bits per heavy atom. The van der Waals surface area contributed by atoms with Crippen molar-refractivity contribution in [2.45, 2.75) is 26.7 Å². The highest BCUT2D eigenvalue weighted by atomic mass is 35.5. The summed E-state index contributed by atoms with van der Waals surface area (Å²) in [5, 5.41) is 5.05. The first-order valence-electron chi connectivity index (χ1n) is 7.03. The third-order valence-corrected chi connectivity index (χ3v) is 4.32. The minimum Gasteiger partial charge on any atom is -0.267 e. The number of hydrazone groups is 1. The van der Waals surface area contributed by atoms with E-state index in [9.17, 15) is 4.79 Å². The Hall–Kier alpha value is -1.58. The van der Waals surface area contributed by atoms with Gasteiger partial charge in [-0.1, -0.05) is 41.4 Å². The van der Waals surface area contributed by atoms with E-state index in [1.165, 1.54) is 6.07 Å². The van der Waals surface area contributed by atoms with Crippen LogP contribution in [0.4, 0.5) is 0 Å². The molecule has 0 saturated carbocycles. The van der Waals surface area contributed by atoms with E-state index in [2.05, 4.69) is 23.2 Å². The van der Waals surface area contributed by atoms with Gasteiger partial charge in [-0.2, -0.15) is 5.10 Å². The van der Waals surface area contributed by atoms with Crippen molar-refractivity contribution in [2.24, 2.45) is 11.0 Å². The summed E-state index contributed by atoms with van der Waals surface area (Å²) in [6, 6.07) is 4.74. The van der Waals surface area contributed by atoms with Crippen LogP contribution in [0.15, 0.2) is 47.1 Å². The van der Waals surface area contributed by atoms with Crippen LogP contribution >= 0.6 is 23.2 Å². The van der Waals surface area contributed by atoms with E-state index in [-0.39, 0.29) is 5.91 Å². The van der Waals surface area contributed by atoms with Gasteiger partial charge in [-0.15, -0.1) is 0 Å². The van der Waals surface area contributed by atoms with Crippen LogP contribution in [0, 0.1) is 5.92 Å².